The van der Waals surface area contributed by atoms with E-state index in [0.717, 1.165) is 38.6 Å². The second kappa shape index (κ2) is 15.6. The summed E-state index contributed by atoms with van der Waals surface area (Å²) in [6.45, 7) is 3.24. The van der Waals surface area contributed by atoms with Crippen LogP contribution in [0.2, 0.25) is 0 Å². The molecule has 0 amide bonds. The molecule has 0 fully saturated rings. The quantitative estimate of drug-likeness (QED) is 0.117. The van der Waals surface area contributed by atoms with Crippen molar-refractivity contribution in [2.45, 2.75) is 63.3 Å². The first-order chi connectivity index (χ1) is 29.7. The van der Waals surface area contributed by atoms with Gasteiger partial charge in [-0.05, 0) is 147 Å². The van der Waals surface area contributed by atoms with Crippen LogP contribution in [0.15, 0.2) is 182 Å². The molecule has 0 spiro atoms. The van der Waals surface area contributed by atoms with E-state index in [4.69, 9.17) is 0 Å². The Kier molecular flexibility index (Phi) is 9.54. The molecular formula is C59H51N. The van der Waals surface area contributed by atoms with Crippen LogP contribution >= 0.6 is 0 Å². The van der Waals surface area contributed by atoms with Gasteiger partial charge in [-0.25, -0.2) is 0 Å². The van der Waals surface area contributed by atoms with Crippen LogP contribution in [0.4, 0.5) is 0 Å². The van der Waals surface area contributed by atoms with Gasteiger partial charge in [0.05, 0.1) is 0 Å². The topological polar surface area (TPSA) is 4.93 Å². The van der Waals surface area contributed by atoms with Crippen molar-refractivity contribution in [2.24, 2.45) is 5.92 Å². The molecule has 0 aliphatic heterocycles. The Morgan fingerprint density at radius 3 is 2.10 bits per heavy atom. The van der Waals surface area contributed by atoms with Gasteiger partial charge in [-0.2, -0.15) is 0 Å². The Morgan fingerprint density at radius 1 is 0.517 bits per heavy atom. The molecule has 2 aliphatic rings. The molecule has 292 valence electrons. The maximum absolute atomic E-state index is 2.55. The van der Waals surface area contributed by atoms with Crippen LogP contribution in [0.3, 0.4) is 0 Å². The maximum atomic E-state index is 2.55. The summed E-state index contributed by atoms with van der Waals surface area (Å²) in [6, 6.07) is 64.2. The molecule has 0 saturated carbocycles. The van der Waals surface area contributed by atoms with Crippen LogP contribution in [-0.2, 0) is 25.8 Å². The minimum atomic E-state index is 0.362. The van der Waals surface area contributed by atoms with Gasteiger partial charge in [0.2, 0.25) is 0 Å². The molecule has 4 unspecified atom stereocenters. The molecule has 1 nitrogen and oxygen atoms in total. The van der Waals surface area contributed by atoms with E-state index in [1.54, 1.807) is 0 Å². The number of aromatic nitrogens is 1. The summed E-state index contributed by atoms with van der Waals surface area (Å²) < 4.78 is 2.52. The summed E-state index contributed by atoms with van der Waals surface area (Å²) in [6.07, 6.45) is 15.1. The van der Waals surface area contributed by atoms with Crippen LogP contribution < -0.4 is 0 Å². The average Bonchev–Trinajstić information content (AvgIpc) is 3.62. The fourth-order valence-corrected chi connectivity index (χ4v) is 11.1. The summed E-state index contributed by atoms with van der Waals surface area (Å²) in [5.74, 6) is 1.54. The van der Waals surface area contributed by atoms with Crippen LogP contribution in [0.5, 0.6) is 0 Å². The Balaban J connectivity index is 0.945. The van der Waals surface area contributed by atoms with E-state index in [1.165, 1.54) is 87.9 Å². The highest BCUT2D eigenvalue weighted by Gasteiger charge is 2.34. The molecule has 0 N–H and O–H groups in total. The highest BCUT2D eigenvalue weighted by molar-refractivity contribution is 6.08. The third-order valence-electron chi connectivity index (χ3n) is 14.0. The normalized spacial score (nSPS) is 16.6. The number of hydrogen-bond acceptors (Lipinski definition) is 0. The first kappa shape index (κ1) is 36.6. The zero-order valence-corrected chi connectivity index (χ0v) is 34.5. The number of fused-ring (bicyclic) bond motifs is 4. The smallest absolute Gasteiger partial charge is 0.0491 e. The van der Waals surface area contributed by atoms with Gasteiger partial charge in [0.25, 0.3) is 0 Å². The van der Waals surface area contributed by atoms with Gasteiger partial charge < -0.3 is 4.57 Å². The molecule has 1 heterocycles. The molecule has 0 bridgehead atoms. The molecular weight excluding hydrogens is 723 g/mol. The van der Waals surface area contributed by atoms with E-state index in [0.29, 0.717) is 23.7 Å². The lowest BCUT2D eigenvalue weighted by Gasteiger charge is -2.37. The van der Waals surface area contributed by atoms with Crippen LogP contribution in [0, 0.1) is 5.92 Å². The predicted molar refractivity (Wildman–Crippen MR) is 256 cm³/mol. The number of allylic oxidation sites excluding steroid dienone is 2. The van der Waals surface area contributed by atoms with E-state index in [-0.39, 0.29) is 0 Å². The lowest BCUT2D eigenvalue weighted by Crippen LogP contribution is -2.23. The Labute approximate surface area is 354 Å². The Morgan fingerprint density at radius 2 is 1.23 bits per heavy atom. The number of rotatable bonds is 12. The summed E-state index contributed by atoms with van der Waals surface area (Å²) in [5.41, 5.74) is 14.1. The number of aryl methyl sites for hydroxylation is 3. The standard InChI is InChI=1S/C59H51N/c1-2-60-56-35-25-41(24-32-51(43-15-7-4-8-16-43)52-33-29-46-28-27-44-19-12-20-45-30-34-53(52)59(46)58(44)45)37-54(56)55-39-48(31-36-57(55)60)47(26-23-40-13-5-3-6-14-40)38-49-21-11-18-42-17-9-10-22-50(42)49/h3-22,25,27-31,33-37,39,47,51-53H,2,23-24,26,32,38H2,1H3. The lowest BCUT2D eigenvalue weighted by atomic mass is 9.67. The van der Waals surface area contributed by atoms with Gasteiger partial charge in [-0.1, -0.05) is 170 Å². The molecule has 2 aliphatic carbocycles. The number of hydrogen-bond donors (Lipinski definition) is 0. The SMILES string of the molecule is CCn1c2ccc(CCC(c3ccccc3)C3C=Cc4ccc5cccc6c5c4C3C=C6)cc2c2cc(C(CCc3ccccc3)Cc3cccc4ccccc34)ccc21. The third kappa shape index (κ3) is 6.58. The van der Waals surface area contributed by atoms with Crippen molar-refractivity contribution in [1.82, 2.24) is 4.57 Å². The molecule has 60 heavy (non-hydrogen) atoms. The first-order valence-corrected chi connectivity index (χ1v) is 22.2. The summed E-state index contributed by atoms with van der Waals surface area (Å²) in [5, 5.41) is 8.26. The van der Waals surface area contributed by atoms with Crippen molar-refractivity contribution in [1.29, 1.82) is 0 Å². The Bertz CT molecular complexity index is 3070. The largest absolute Gasteiger partial charge is 0.341 e. The van der Waals surface area contributed by atoms with Gasteiger partial charge in [0.15, 0.2) is 0 Å². The van der Waals surface area contributed by atoms with E-state index in [2.05, 4.69) is 206 Å². The van der Waals surface area contributed by atoms with E-state index in [1.807, 2.05) is 0 Å². The van der Waals surface area contributed by atoms with Crippen molar-refractivity contribution >= 4 is 55.5 Å². The van der Waals surface area contributed by atoms with Crippen molar-refractivity contribution < 1.29 is 0 Å². The number of benzene rings is 8. The molecule has 1 aromatic heterocycles. The number of nitrogens with zero attached hydrogens (tertiary/aromatic N) is 1. The van der Waals surface area contributed by atoms with Crippen LogP contribution in [0.25, 0.3) is 55.5 Å². The van der Waals surface area contributed by atoms with Crippen molar-refractivity contribution in [3.63, 3.8) is 0 Å². The minimum absolute atomic E-state index is 0.362. The molecule has 0 radical (unpaired) electrons. The third-order valence-corrected chi connectivity index (χ3v) is 14.0. The maximum Gasteiger partial charge on any atom is 0.0491 e. The second-order valence-electron chi connectivity index (χ2n) is 17.3. The average molecular weight is 774 g/mol. The fourth-order valence-electron chi connectivity index (χ4n) is 11.1. The van der Waals surface area contributed by atoms with Gasteiger partial charge in [0, 0.05) is 34.3 Å². The fraction of sp³-hybridized carbons (Fsp3) is 0.186. The molecule has 11 rings (SSSR count). The zero-order chi connectivity index (χ0) is 40.0. The van der Waals surface area contributed by atoms with Gasteiger partial charge in [-0.15, -0.1) is 0 Å². The first-order valence-electron chi connectivity index (χ1n) is 22.2. The van der Waals surface area contributed by atoms with Crippen molar-refractivity contribution in [3.8, 4) is 0 Å². The highest BCUT2D eigenvalue weighted by Crippen LogP contribution is 2.50. The second-order valence-corrected chi connectivity index (χ2v) is 17.3. The van der Waals surface area contributed by atoms with Crippen LogP contribution in [0.1, 0.15) is 82.0 Å². The van der Waals surface area contributed by atoms with Crippen molar-refractivity contribution in [3.05, 3.63) is 227 Å². The summed E-state index contributed by atoms with van der Waals surface area (Å²) in [4.78, 5) is 0. The minimum Gasteiger partial charge on any atom is -0.341 e. The molecule has 8 aromatic carbocycles. The van der Waals surface area contributed by atoms with Gasteiger partial charge in [0.1, 0.15) is 0 Å². The molecule has 4 atom stereocenters. The van der Waals surface area contributed by atoms with Crippen LogP contribution in [-0.4, -0.2) is 4.57 Å². The Hall–Kier alpha value is -6.44. The predicted octanol–water partition coefficient (Wildman–Crippen LogP) is 15.2. The van der Waals surface area contributed by atoms with E-state index >= 15 is 0 Å². The summed E-state index contributed by atoms with van der Waals surface area (Å²) in [7, 11) is 0. The summed E-state index contributed by atoms with van der Waals surface area (Å²) >= 11 is 0. The monoisotopic (exact) mass is 773 g/mol. The lowest BCUT2D eigenvalue weighted by molar-refractivity contribution is 0.440. The zero-order valence-electron chi connectivity index (χ0n) is 34.5. The van der Waals surface area contributed by atoms with Crippen molar-refractivity contribution in [2.75, 3.05) is 0 Å². The van der Waals surface area contributed by atoms with E-state index < -0.39 is 0 Å². The van der Waals surface area contributed by atoms with Gasteiger partial charge >= 0.3 is 0 Å². The molecule has 9 aromatic rings. The molecule has 1 heteroatoms. The van der Waals surface area contributed by atoms with Gasteiger partial charge in [-0.3, -0.25) is 0 Å². The highest BCUT2D eigenvalue weighted by atomic mass is 15.0. The molecule has 0 saturated heterocycles. The van der Waals surface area contributed by atoms with E-state index in [9.17, 15) is 0 Å².